The molecule has 2 saturated carbocycles. The van der Waals surface area contributed by atoms with Crippen molar-refractivity contribution in [2.45, 2.75) is 46.1 Å². The Hall–Kier alpha value is -0.130. The van der Waals surface area contributed by atoms with Crippen LogP contribution in [0.4, 0.5) is 0 Å². The van der Waals surface area contributed by atoms with E-state index < -0.39 is 10.4 Å². The Balaban J connectivity index is 2.27. The Morgan fingerprint density at radius 1 is 1.33 bits per heavy atom. The van der Waals surface area contributed by atoms with Crippen molar-refractivity contribution in [2.75, 3.05) is 0 Å². The number of hydrogen-bond donors (Lipinski definition) is 1. The van der Waals surface area contributed by atoms with E-state index in [-0.39, 0.29) is 16.9 Å². The van der Waals surface area contributed by atoms with Crippen LogP contribution >= 0.6 is 0 Å². The monoisotopic (exact) mass is 234 g/mol. The van der Waals surface area contributed by atoms with Crippen molar-refractivity contribution in [3.63, 3.8) is 0 Å². The topological polar surface area (TPSA) is 63.6 Å². The van der Waals surface area contributed by atoms with Crippen LogP contribution in [0.2, 0.25) is 0 Å². The Labute approximate surface area is 91.0 Å². The van der Waals surface area contributed by atoms with Gasteiger partial charge in [-0.05, 0) is 30.6 Å². The maximum Gasteiger partial charge on any atom is 0.397 e. The van der Waals surface area contributed by atoms with Gasteiger partial charge in [0.2, 0.25) is 0 Å². The molecule has 2 aliphatic rings. The molecule has 2 bridgehead atoms. The zero-order valence-electron chi connectivity index (χ0n) is 9.36. The SMILES string of the molecule is CC1(C)[C@@H]2CC[C@@]1(C)[C@@H](OS(=O)(=O)O)C2. The average molecular weight is 234 g/mol. The average Bonchev–Trinajstić information content (AvgIpc) is 2.34. The van der Waals surface area contributed by atoms with E-state index in [0.29, 0.717) is 5.92 Å². The third-order valence-corrected chi connectivity index (χ3v) is 5.43. The molecule has 3 atom stereocenters. The fourth-order valence-corrected chi connectivity index (χ4v) is 4.01. The molecule has 0 heterocycles. The zero-order valence-corrected chi connectivity index (χ0v) is 10.2. The van der Waals surface area contributed by atoms with Crippen LogP contribution in [0.25, 0.3) is 0 Å². The highest BCUT2D eigenvalue weighted by molar-refractivity contribution is 7.80. The molecule has 0 unspecified atom stereocenters. The van der Waals surface area contributed by atoms with Crippen molar-refractivity contribution in [1.82, 2.24) is 0 Å². The summed E-state index contributed by atoms with van der Waals surface area (Å²) in [6, 6.07) is 0. The molecule has 2 aliphatic carbocycles. The molecular weight excluding hydrogens is 216 g/mol. The first-order valence-electron chi connectivity index (χ1n) is 5.32. The molecule has 0 aromatic heterocycles. The van der Waals surface area contributed by atoms with Crippen molar-refractivity contribution in [3.05, 3.63) is 0 Å². The molecular formula is C10H18O4S. The molecule has 0 radical (unpaired) electrons. The molecule has 0 aromatic rings. The van der Waals surface area contributed by atoms with E-state index in [1.807, 2.05) is 0 Å². The van der Waals surface area contributed by atoms with Crippen molar-refractivity contribution in [3.8, 4) is 0 Å². The molecule has 1 N–H and O–H groups in total. The van der Waals surface area contributed by atoms with Crippen LogP contribution in [0, 0.1) is 16.7 Å². The predicted molar refractivity (Wildman–Crippen MR) is 55.7 cm³/mol. The summed E-state index contributed by atoms with van der Waals surface area (Å²) in [6.45, 7) is 6.39. The first-order chi connectivity index (χ1) is 6.67. The van der Waals surface area contributed by atoms with Gasteiger partial charge >= 0.3 is 10.4 Å². The molecule has 88 valence electrons. The summed E-state index contributed by atoms with van der Waals surface area (Å²) in [5.41, 5.74) is -0.0319. The first kappa shape index (κ1) is 11.4. The van der Waals surface area contributed by atoms with Gasteiger partial charge in [-0.25, -0.2) is 4.18 Å². The van der Waals surface area contributed by atoms with Crippen LogP contribution in [0.1, 0.15) is 40.0 Å². The molecule has 15 heavy (non-hydrogen) atoms. The van der Waals surface area contributed by atoms with Gasteiger partial charge in [0, 0.05) is 5.41 Å². The predicted octanol–water partition coefficient (Wildman–Crippen LogP) is 2.02. The second-order valence-corrected chi connectivity index (χ2v) is 6.67. The summed E-state index contributed by atoms with van der Waals surface area (Å²) in [5.74, 6) is 0.509. The van der Waals surface area contributed by atoms with E-state index in [1.54, 1.807) is 0 Å². The summed E-state index contributed by atoms with van der Waals surface area (Å²) < 4.78 is 35.0. The van der Waals surface area contributed by atoms with E-state index in [4.69, 9.17) is 8.74 Å². The molecule has 0 aromatic carbocycles. The van der Waals surface area contributed by atoms with E-state index in [9.17, 15) is 8.42 Å². The summed E-state index contributed by atoms with van der Waals surface area (Å²) >= 11 is 0. The lowest BCUT2D eigenvalue weighted by Gasteiger charge is -2.37. The second kappa shape index (κ2) is 2.96. The van der Waals surface area contributed by atoms with Crippen LogP contribution in [0.15, 0.2) is 0 Å². The molecule has 2 fully saturated rings. The lowest BCUT2D eigenvalue weighted by molar-refractivity contribution is 0.0271. The van der Waals surface area contributed by atoms with Crippen molar-refractivity contribution in [1.29, 1.82) is 0 Å². The van der Waals surface area contributed by atoms with Crippen LogP contribution in [-0.4, -0.2) is 19.1 Å². The van der Waals surface area contributed by atoms with Gasteiger partial charge in [-0.2, -0.15) is 8.42 Å². The molecule has 0 amide bonds. The highest BCUT2D eigenvalue weighted by atomic mass is 32.3. The maximum atomic E-state index is 10.8. The van der Waals surface area contributed by atoms with E-state index in [2.05, 4.69) is 20.8 Å². The number of hydrogen-bond acceptors (Lipinski definition) is 3. The van der Waals surface area contributed by atoms with Gasteiger partial charge in [-0.15, -0.1) is 0 Å². The molecule has 5 heteroatoms. The third kappa shape index (κ3) is 1.52. The summed E-state index contributed by atoms with van der Waals surface area (Å²) in [6.07, 6.45) is 2.49. The van der Waals surface area contributed by atoms with Gasteiger partial charge in [0.05, 0.1) is 6.10 Å². The highest BCUT2D eigenvalue weighted by Crippen LogP contribution is 2.66. The standard InChI is InChI=1S/C10H18O4S/c1-9(2)7-4-5-10(9,3)8(6-7)14-15(11,12)13/h7-8H,4-6H2,1-3H3,(H,11,12,13)/t7-,8+,10+/m1/s1. The fourth-order valence-electron chi connectivity index (χ4n) is 3.42. The summed E-state index contributed by atoms with van der Waals surface area (Å²) in [5, 5.41) is 0. The lowest BCUT2D eigenvalue weighted by Crippen LogP contribution is -2.38. The fraction of sp³-hybridized carbons (Fsp3) is 1.00. The van der Waals surface area contributed by atoms with Gasteiger partial charge < -0.3 is 0 Å². The molecule has 0 aliphatic heterocycles. The molecule has 4 nitrogen and oxygen atoms in total. The molecule has 2 rings (SSSR count). The third-order valence-electron chi connectivity index (χ3n) is 4.95. The number of rotatable bonds is 2. The normalized spacial score (nSPS) is 43.5. The second-order valence-electron chi connectivity index (χ2n) is 5.62. The first-order valence-corrected chi connectivity index (χ1v) is 6.69. The van der Waals surface area contributed by atoms with E-state index in [0.717, 1.165) is 19.3 Å². The van der Waals surface area contributed by atoms with Crippen molar-refractivity contribution in [2.24, 2.45) is 16.7 Å². The van der Waals surface area contributed by atoms with Gasteiger partial charge in [0.1, 0.15) is 0 Å². The Morgan fingerprint density at radius 2 is 1.93 bits per heavy atom. The van der Waals surface area contributed by atoms with Gasteiger partial charge in [-0.3, -0.25) is 4.55 Å². The minimum Gasteiger partial charge on any atom is -0.264 e. The van der Waals surface area contributed by atoms with Crippen LogP contribution in [0.3, 0.4) is 0 Å². The minimum absolute atomic E-state index is 0.0996. The quantitative estimate of drug-likeness (QED) is 0.742. The number of fused-ring (bicyclic) bond motifs is 2. The Bertz CT molecular complexity index is 373. The summed E-state index contributed by atoms with van der Waals surface area (Å²) in [4.78, 5) is 0. The summed E-state index contributed by atoms with van der Waals surface area (Å²) in [7, 11) is -4.32. The van der Waals surface area contributed by atoms with Crippen LogP contribution in [0.5, 0.6) is 0 Å². The van der Waals surface area contributed by atoms with E-state index >= 15 is 0 Å². The van der Waals surface area contributed by atoms with Crippen LogP contribution < -0.4 is 0 Å². The Morgan fingerprint density at radius 3 is 2.27 bits per heavy atom. The van der Waals surface area contributed by atoms with Gasteiger partial charge in [0.15, 0.2) is 0 Å². The smallest absolute Gasteiger partial charge is 0.264 e. The lowest BCUT2D eigenvalue weighted by atomic mass is 9.70. The maximum absolute atomic E-state index is 10.8. The molecule has 0 spiro atoms. The minimum atomic E-state index is -4.32. The zero-order chi connectivity index (χ0) is 11.5. The largest absolute Gasteiger partial charge is 0.397 e. The van der Waals surface area contributed by atoms with E-state index in [1.165, 1.54) is 0 Å². The highest BCUT2D eigenvalue weighted by Gasteiger charge is 2.62. The molecule has 0 saturated heterocycles. The van der Waals surface area contributed by atoms with Gasteiger partial charge in [-0.1, -0.05) is 20.8 Å². The Kier molecular flexibility index (Phi) is 2.24. The van der Waals surface area contributed by atoms with Crippen molar-refractivity contribution >= 4 is 10.4 Å². The van der Waals surface area contributed by atoms with Crippen LogP contribution in [-0.2, 0) is 14.6 Å². The van der Waals surface area contributed by atoms with Crippen molar-refractivity contribution < 1.29 is 17.2 Å². The van der Waals surface area contributed by atoms with Gasteiger partial charge in [0.25, 0.3) is 0 Å².